The van der Waals surface area contributed by atoms with Gasteiger partial charge in [0.15, 0.2) is 5.96 Å². The van der Waals surface area contributed by atoms with Crippen LogP contribution in [0.4, 0.5) is 10.5 Å². The Morgan fingerprint density at radius 3 is 2.76 bits per heavy atom. The summed E-state index contributed by atoms with van der Waals surface area (Å²) in [5.74, 6) is 1.59. The van der Waals surface area contributed by atoms with E-state index in [2.05, 4.69) is 20.9 Å². The third kappa shape index (κ3) is 8.77. The molecule has 1 aromatic rings. The van der Waals surface area contributed by atoms with Gasteiger partial charge in [0.2, 0.25) is 0 Å². The number of benzene rings is 1. The Bertz CT molecular complexity index is 660. The lowest BCUT2D eigenvalue weighted by Crippen LogP contribution is -2.37. The van der Waals surface area contributed by atoms with E-state index in [1.54, 1.807) is 7.05 Å². The van der Waals surface area contributed by atoms with Crippen LogP contribution in [0.2, 0.25) is 0 Å². The van der Waals surface area contributed by atoms with Crippen molar-refractivity contribution in [2.24, 2.45) is 10.9 Å². The minimum absolute atomic E-state index is 0. The molecule has 162 valence electrons. The van der Waals surface area contributed by atoms with Gasteiger partial charge >= 0.3 is 6.03 Å². The molecule has 0 bridgehead atoms. The highest BCUT2D eigenvalue weighted by Crippen LogP contribution is 2.28. The fourth-order valence-electron chi connectivity index (χ4n) is 3.20. The number of nitrogens with zero attached hydrogens (tertiary/aromatic N) is 2. The molecule has 2 aliphatic rings. The van der Waals surface area contributed by atoms with Crippen LogP contribution in [0.5, 0.6) is 0 Å². The summed E-state index contributed by atoms with van der Waals surface area (Å²) in [4.78, 5) is 18.4. The van der Waals surface area contributed by atoms with E-state index in [0.29, 0.717) is 6.54 Å². The van der Waals surface area contributed by atoms with Crippen LogP contribution in [0.15, 0.2) is 29.3 Å². The summed E-state index contributed by atoms with van der Waals surface area (Å²) in [7, 11) is 1.77. The number of likely N-dealkylation sites (tertiary alicyclic amines) is 1. The normalized spacial score (nSPS) is 16.3. The Morgan fingerprint density at radius 2 is 2.03 bits per heavy atom. The van der Waals surface area contributed by atoms with Crippen LogP contribution in [-0.2, 0) is 11.3 Å². The van der Waals surface area contributed by atoms with E-state index in [4.69, 9.17) is 4.74 Å². The summed E-state index contributed by atoms with van der Waals surface area (Å²) in [5.41, 5.74) is 1.92. The van der Waals surface area contributed by atoms with Crippen LogP contribution in [0, 0.1) is 5.92 Å². The quantitative estimate of drug-likeness (QED) is 0.204. The largest absolute Gasteiger partial charge is 0.381 e. The maximum atomic E-state index is 12.2. The Morgan fingerprint density at radius 1 is 1.24 bits per heavy atom. The number of anilines is 1. The summed E-state index contributed by atoms with van der Waals surface area (Å²) in [6.07, 6.45) is 5.81. The number of rotatable bonds is 9. The SMILES string of the molecule is CN=C(NCCCOCC1CC1)NCc1cccc(NC(=O)N2CCCC2)c1.I. The van der Waals surface area contributed by atoms with Gasteiger partial charge in [-0.25, -0.2) is 4.79 Å². The van der Waals surface area contributed by atoms with Gasteiger partial charge < -0.3 is 25.6 Å². The van der Waals surface area contributed by atoms with E-state index in [-0.39, 0.29) is 30.0 Å². The van der Waals surface area contributed by atoms with E-state index in [1.807, 2.05) is 29.2 Å². The Hall–Kier alpha value is -1.55. The van der Waals surface area contributed by atoms with E-state index in [1.165, 1.54) is 12.8 Å². The van der Waals surface area contributed by atoms with Crippen molar-refractivity contribution in [3.8, 4) is 0 Å². The first-order valence-corrected chi connectivity index (χ1v) is 10.4. The third-order valence-corrected chi connectivity index (χ3v) is 5.06. The number of aliphatic imine (C=N–C) groups is 1. The lowest BCUT2D eigenvalue weighted by atomic mass is 10.2. The second kappa shape index (κ2) is 12.9. The van der Waals surface area contributed by atoms with Gasteiger partial charge in [-0.1, -0.05) is 12.1 Å². The van der Waals surface area contributed by atoms with Gasteiger partial charge in [0.25, 0.3) is 0 Å². The minimum Gasteiger partial charge on any atom is -0.381 e. The average molecular weight is 515 g/mol. The van der Waals surface area contributed by atoms with E-state index >= 15 is 0 Å². The first-order chi connectivity index (χ1) is 13.7. The number of hydrogen-bond donors (Lipinski definition) is 3. The molecule has 1 saturated heterocycles. The van der Waals surface area contributed by atoms with Gasteiger partial charge in [-0.05, 0) is 55.7 Å². The number of ether oxygens (including phenoxy) is 1. The number of carbonyl (C=O) groups excluding carboxylic acids is 1. The molecule has 0 radical (unpaired) electrons. The summed E-state index contributed by atoms with van der Waals surface area (Å²) in [6, 6.07) is 7.91. The van der Waals surface area contributed by atoms with Crippen LogP contribution < -0.4 is 16.0 Å². The smallest absolute Gasteiger partial charge is 0.321 e. The molecular formula is C21H34IN5O2. The molecule has 3 N–H and O–H groups in total. The van der Waals surface area contributed by atoms with Crippen molar-refractivity contribution in [3.05, 3.63) is 29.8 Å². The number of halogens is 1. The van der Waals surface area contributed by atoms with E-state index in [0.717, 1.165) is 75.2 Å². The van der Waals surface area contributed by atoms with Crippen LogP contribution >= 0.6 is 24.0 Å². The topological polar surface area (TPSA) is 78.0 Å². The highest BCUT2D eigenvalue weighted by molar-refractivity contribution is 14.0. The molecule has 0 atom stereocenters. The predicted octanol–water partition coefficient (Wildman–Crippen LogP) is 3.41. The minimum atomic E-state index is -0.0102. The molecule has 1 aromatic carbocycles. The molecule has 0 spiro atoms. The molecule has 3 rings (SSSR count). The van der Waals surface area contributed by atoms with Gasteiger partial charge in [-0.2, -0.15) is 0 Å². The average Bonchev–Trinajstić information content (AvgIpc) is 3.36. The lowest BCUT2D eigenvalue weighted by Gasteiger charge is -2.17. The summed E-state index contributed by atoms with van der Waals surface area (Å²) >= 11 is 0. The van der Waals surface area contributed by atoms with Crippen LogP contribution in [0.25, 0.3) is 0 Å². The number of amides is 2. The Kier molecular flexibility index (Phi) is 10.5. The van der Waals surface area contributed by atoms with Crippen LogP contribution in [-0.4, -0.2) is 56.8 Å². The van der Waals surface area contributed by atoms with Crippen molar-refractivity contribution in [1.82, 2.24) is 15.5 Å². The maximum Gasteiger partial charge on any atom is 0.321 e. The van der Waals surface area contributed by atoms with Crippen molar-refractivity contribution in [2.45, 2.75) is 38.6 Å². The summed E-state index contributed by atoms with van der Waals surface area (Å²) in [6.45, 7) is 4.87. The summed E-state index contributed by atoms with van der Waals surface area (Å²) < 4.78 is 5.65. The van der Waals surface area contributed by atoms with Crippen molar-refractivity contribution in [2.75, 3.05) is 45.2 Å². The first kappa shape index (κ1) is 23.7. The highest BCUT2D eigenvalue weighted by Gasteiger charge is 2.20. The van der Waals surface area contributed by atoms with Gasteiger partial charge in [0.1, 0.15) is 0 Å². The van der Waals surface area contributed by atoms with E-state index < -0.39 is 0 Å². The first-order valence-electron chi connectivity index (χ1n) is 10.4. The second-order valence-electron chi connectivity index (χ2n) is 7.55. The zero-order valence-corrected chi connectivity index (χ0v) is 19.6. The molecule has 2 fully saturated rings. The molecule has 0 aromatic heterocycles. The molecule has 2 amide bonds. The molecule has 1 aliphatic carbocycles. The number of carbonyl (C=O) groups is 1. The third-order valence-electron chi connectivity index (χ3n) is 5.06. The van der Waals surface area contributed by atoms with Gasteiger partial charge in [0, 0.05) is 52.1 Å². The number of hydrogen-bond acceptors (Lipinski definition) is 3. The van der Waals surface area contributed by atoms with Crippen molar-refractivity contribution < 1.29 is 9.53 Å². The van der Waals surface area contributed by atoms with Gasteiger partial charge in [-0.3, -0.25) is 4.99 Å². The molecule has 1 saturated carbocycles. The molecule has 1 aliphatic heterocycles. The monoisotopic (exact) mass is 515 g/mol. The highest BCUT2D eigenvalue weighted by atomic mass is 127. The molecule has 29 heavy (non-hydrogen) atoms. The Balaban J connectivity index is 0.00000300. The number of urea groups is 1. The van der Waals surface area contributed by atoms with Crippen molar-refractivity contribution in [3.63, 3.8) is 0 Å². The summed E-state index contributed by atoms with van der Waals surface area (Å²) in [5, 5.41) is 9.62. The number of guanidine groups is 1. The predicted molar refractivity (Wildman–Crippen MR) is 128 cm³/mol. The molecular weight excluding hydrogens is 481 g/mol. The zero-order chi connectivity index (χ0) is 19.6. The molecule has 1 heterocycles. The van der Waals surface area contributed by atoms with Crippen LogP contribution in [0.1, 0.15) is 37.7 Å². The molecule has 0 unspecified atom stereocenters. The van der Waals surface area contributed by atoms with Gasteiger partial charge in [0.05, 0.1) is 0 Å². The van der Waals surface area contributed by atoms with Crippen molar-refractivity contribution in [1.29, 1.82) is 0 Å². The molecule has 7 nitrogen and oxygen atoms in total. The second-order valence-corrected chi connectivity index (χ2v) is 7.55. The Labute approximate surface area is 191 Å². The fraction of sp³-hybridized carbons (Fsp3) is 0.619. The van der Waals surface area contributed by atoms with Gasteiger partial charge in [-0.15, -0.1) is 24.0 Å². The van der Waals surface area contributed by atoms with Crippen molar-refractivity contribution >= 4 is 41.7 Å². The standard InChI is InChI=1S/C21H33N5O2.HI/c1-22-20(23-10-5-13-28-16-17-8-9-17)24-15-18-6-4-7-19(14-18)25-21(27)26-11-2-3-12-26;/h4,6-7,14,17H,2-3,5,8-13,15-16H2,1H3,(H,25,27)(H2,22,23,24);1H. The lowest BCUT2D eigenvalue weighted by molar-refractivity contribution is 0.123. The van der Waals surface area contributed by atoms with Crippen LogP contribution in [0.3, 0.4) is 0 Å². The van der Waals surface area contributed by atoms with E-state index in [9.17, 15) is 4.79 Å². The maximum absolute atomic E-state index is 12.2. The molecule has 8 heteroatoms. The number of nitrogens with one attached hydrogen (secondary N) is 3. The zero-order valence-electron chi connectivity index (χ0n) is 17.3. The fourth-order valence-corrected chi connectivity index (χ4v) is 3.20.